The van der Waals surface area contributed by atoms with Gasteiger partial charge in [-0.15, -0.1) is 0 Å². The van der Waals surface area contributed by atoms with Crippen LogP contribution in [0.3, 0.4) is 0 Å². The Labute approximate surface area is 108 Å². The molecule has 0 bridgehead atoms. The van der Waals surface area contributed by atoms with Crippen LogP contribution >= 0.6 is 0 Å². The van der Waals surface area contributed by atoms with Crippen molar-refractivity contribution >= 4 is 5.69 Å². The van der Waals surface area contributed by atoms with Crippen molar-refractivity contribution in [3.05, 3.63) is 24.3 Å². The van der Waals surface area contributed by atoms with Crippen LogP contribution < -0.4 is 10.1 Å². The van der Waals surface area contributed by atoms with E-state index in [1.165, 1.54) is 12.8 Å². The molecule has 0 amide bonds. The van der Waals surface area contributed by atoms with E-state index < -0.39 is 0 Å². The summed E-state index contributed by atoms with van der Waals surface area (Å²) in [7, 11) is 1.73. The summed E-state index contributed by atoms with van der Waals surface area (Å²) in [5.41, 5.74) is 1.06. The standard InChI is InChI=1S/C14H18N2O2/c1-17-10-14(11-2-3-11)16-12-4-6-13(7-5-12)18-9-8-15/h4-7,11,14,16H,2-3,9-10H2,1H3. The van der Waals surface area contributed by atoms with Crippen LogP contribution in [0.5, 0.6) is 5.75 Å². The second kappa shape index (κ2) is 6.27. The fourth-order valence-electron chi connectivity index (χ4n) is 1.95. The van der Waals surface area contributed by atoms with Gasteiger partial charge in [0.2, 0.25) is 0 Å². The molecule has 0 aliphatic heterocycles. The number of hydrogen-bond donors (Lipinski definition) is 1. The normalized spacial score (nSPS) is 15.8. The average molecular weight is 246 g/mol. The number of nitrogens with zero attached hydrogens (tertiary/aromatic N) is 1. The van der Waals surface area contributed by atoms with E-state index in [4.69, 9.17) is 14.7 Å². The van der Waals surface area contributed by atoms with Crippen LogP contribution in [0.1, 0.15) is 12.8 Å². The maximum absolute atomic E-state index is 8.43. The first-order valence-corrected chi connectivity index (χ1v) is 6.19. The van der Waals surface area contributed by atoms with Crippen molar-refractivity contribution in [2.45, 2.75) is 18.9 Å². The van der Waals surface area contributed by atoms with E-state index in [9.17, 15) is 0 Å². The summed E-state index contributed by atoms with van der Waals surface area (Å²) in [5, 5.41) is 11.9. The molecule has 1 aromatic rings. The van der Waals surface area contributed by atoms with Gasteiger partial charge in [-0.3, -0.25) is 0 Å². The molecule has 1 unspecified atom stereocenters. The van der Waals surface area contributed by atoms with E-state index >= 15 is 0 Å². The molecular weight excluding hydrogens is 228 g/mol. The molecule has 0 heterocycles. The molecule has 0 aromatic heterocycles. The molecule has 0 saturated heterocycles. The van der Waals surface area contributed by atoms with Crippen LogP contribution in [0.4, 0.5) is 5.69 Å². The van der Waals surface area contributed by atoms with E-state index in [1.807, 2.05) is 30.3 Å². The van der Waals surface area contributed by atoms with Crippen molar-refractivity contribution in [1.82, 2.24) is 0 Å². The van der Waals surface area contributed by atoms with Gasteiger partial charge in [-0.25, -0.2) is 0 Å². The lowest BCUT2D eigenvalue weighted by Gasteiger charge is -2.18. The Morgan fingerprint density at radius 2 is 2.11 bits per heavy atom. The highest BCUT2D eigenvalue weighted by atomic mass is 16.5. The van der Waals surface area contributed by atoms with E-state index in [1.54, 1.807) is 7.11 Å². The number of ether oxygens (including phenoxy) is 2. The quantitative estimate of drug-likeness (QED) is 0.802. The molecule has 4 nitrogen and oxygen atoms in total. The average Bonchev–Trinajstić information content (AvgIpc) is 3.22. The summed E-state index contributed by atoms with van der Waals surface area (Å²) in [6, 6.07) is 10.0. The van der Waals surface area contributed by atoms with Crippen molar-refractivity contribution in [3.63, 3.8) is 0 Å². The van der Waals surface area contributed by atoms with Gasteiger partial charge in [0.15, 0.2) is 6.61 Å². The Hall–Kier alpha value is -1.73. The van der Waals surface area contributed by atoms with Crippen molar-refractivity contribution in [1.29, 1.82) is 5.26 Å². The summed E-state index contributed by atoms with van der Waals surface area (Å²) in [4.78, 5) is 0. The minimum atomic E-state index is 0.0845. The summed E-state index contributed by atoms with van der Waals surface area (Å²) < 4.78 is 10.4. The van der Waals surface area contributed by atoms with Crippen LogP contribution in [0, 0.1) is 17.2 Å². The van der Waals surface area contributed by atoms with Crippen LogP contribution in [0.25, 0.3) is 0 Å². The molecule has 96 valence electrons. The molecule has 1 aromatic carbocycles. The molecule has 1 atom stereocenters. The van der Waals surface area contributed by atoms with Crippen molar-refractivity contribution in [2.24, 2.45) is 5.92 Å². The predicted octanol–water partition coefficient (Wildman–Crippen LogP) is 2.43. The molecule has 2 rings (SSSR count). The number of anilines is 1. The lowest BCUT2D eigenvalue weighted by molar-refractivity contribution is 0.179. The summed E-state index contributed by atoms with van der Waals surface area (Å²) in [5.74, 6) is 1.45. The largest absolute Gasteiger partial charge is 0.479 e. The van der Waals surface area contributed by atoms with Gasteiger partial charge in [-0.2, -0.15) is 5.26 Å². The number of nitriles is 1. The second-order valence-corrected chi connectivity index (χ2v) is 4.51. The van der Waals surface area contributed by atoms with E-state index in [-0.39, 0.29) is 6.61 Å². The third-order valence-corrected chi connectivity index (χ3v) is 3.05. The topological polar surface area (TPSA) is 54.3 Å². The number of nitrogens with one attached hydrogen (secondary N) is 1. The molecule has 1 aliphatic carbocycles. The Kier molecular flexibility index (Phi) is 4.43. The monoisotopic (exact) mass is 246 g/mol. The van der Waals surface area contributed by atoms with Gasteiger partial charge in [0.05, 0.1) is 12.6 Å². The van der Waals surface area contributed by atoms with E-state index in [0.29, 0.717) is 6.04 Å². The van der Waals surface area contributed by atoms with Gasteiger partial charge >= 0.3 is 0 Å². The van der Waals surface area contributed by atoms with Gasteiger partial charge in [-0.05, 0) is 43.0 Å². The minimum Gasteiger partial charge on any atom is -0.479 e. The molecule has 4 heteroatoms. The third-order valence-electron chi connectivity index (χ3n) is 3.05. The third kappa shape index (κ3) is 3.64. The molecule has 1 saturated carbocycles. The lowest BCUT2D eigenvalue weighted by Crippen LogP contribution is -2.27. The molecule has 1 N–H and O–H groups in total. The number of rotatable bonds is 7. The highest BCUT2D eigenvalue weighted by molar-refractivity contribution is 5.47. The maximum atomic E-state index is 8.43. The Morgan fingerprint density at radius 3 is 2.67 bits per heavy atom. The van der Waals surface area contributed by atoms with Crippen LogP contribution in [0.2, 0.25) is 0 Å². The Balaban J connectivity index is 1.90. The van der Waals surface area contributed by atoms with Crippen LogP contribution in [0.15, 0.2) is 24.3 Å². The van der Waals surface area contributed by atoms with Gasteiger partial charge in [0.1, 0.15) is 11.8 Å². The molecule has 0 spiro atoms. The molecule has 18 heavy (non-hydrogen) atoms. The first-order valence-electron chi connectivity index (χ1n) is 6.19. The van der Waals surface area contributed by atoms with Crippen LogP contribution in [-0.4, -0.2) is 26.4 Å². The molecule has 0 radical (unpaired) electrons. The second-order valence-electron chi connectivity index (χ2n) is 4.51. The highest BCUT2D eigenvalue weighted by Crippen LogP contribution is 2.34. The minimum absolute atomic E-state index is 0.0845. The van der Waals surface area contributed by atoms with Gasteiger partial charge in [0, 0.05) is 12.8 Å². The summed E-state index contributed by atoms with van der Waals surface area (Å²) in [6.07, 6.45) is 2.56. The van der Waals surface area contributed by atoms with E-state index in [0.717, 1.165) is 24.0 Å². The Bertz CT molecular complexity index is 407. The van der Waals surface area contributed by atoms with Gasteiger partial charge in [-0.1, -0.05) is 0 Å². The zero-order valence-corrected chi connectivity index (χ0v) is 10.6. The molecular formula is C14H18N2O2. The smallest absolute Gasteiger partial charge is 0.174 e. The fraction of sp³-hybridized carbons (Fsp3) is 0.500. The maximum Gasteiger partial charge on any atom is 0.174 e. The van der Waals surface area contributed by atoms with Gasteiger partial charge in [0.25, 0.3) is 0 Å². The van der Waals surface area contributed by atoms with E-state index in [2.05, 4.69) is 5.32 Å². The highest BCUT2D eigenvalue weighted by Gasteiger charge is 2.30. The molecule has 1 fully saturated rings. The van der Waals surface area contributed by atoms with Crippen molar-refractivity contribution in [2.75, 3.05) is 25.6 Å². The van der Waals surface area contributed by atoms with Crippen LogP contribution in [-0.2, 0) is 4.74 Å². The van der Waals surface area contributed by atoms with Gasteiger partial charge < -0.3 is 14.8 Å². The molecule has 1 aliphatic rings. The lowest BCUT2D eigenvalue weighted by atomic mass is 10.2. The first-order chi connectivity index (χ1) is 8.83. The van der Waals surface area contributed by atoms with Crippen molar-refractivity contribution < 1.29 is 9.47 Å². The zero-order chi connectivity index (χ0) is 12.8. The summed E-state index contributed by atoms with van der Waals surface area (Å²) in [6.45, 7) is 0.818. The number of methoxy groups -OCH3 is 1. The zero-order valence-electron chi connectivity index (χ0n) is 10.6. The predicted molar refractivity (Wildman–Crippen MR) is 69.6 cm³/mol. The first kappa shape index (κ1) is 12.7. The summed E-state index contributed by atoms with van der Waals surface area (Å²) >= 11 is 0. The SMILES string of the molecule is COCC(Nc1ccc(OCC#N)cc1)C1CC1. The van der Waals surface area contributed by atoms with Crippen molar-refractivity contribution in [3.8, 4) is 11.8 Å². The Morgan fingerprint density at radius 1 is 1.39 bits per heavy atom. The number of benzene rings is 1. The fourth-order valence-corrected chi connectivity index (χ4v) is 1.95. The number of hydrogen-bond acceptors (Lipinski definition) is 4.